The van der Waals surface area contributed by atoms with E-state index in [1.54, 1.807) is 7.11 Å². The van der Waals surface area contributed by atoms with Gasteiger partial charge in [-0.1, -0.05) is 12.1 Å². The lowest BCUT2D eigenvalue weighted by Gasteiger charge is -2.32. The van der Waals surface area contributed by atoms with Crippen LogP contribution in [0.25, 0.3) is 0 Å². The van der Waals surface area contributed by atoms with Gasteiger partial charge in [0.1, 0.15) is 6.10 Å². The van der Waals surface area contributed by atoms with E-state index in [0.717, 1.165) is 50.5 Å². The highest BCUT2D eigenvalue weighted by molar-refractivity contribution is 5.48. The van der Waals surface area contributed by atoms with E-state index in [0.29, 0.717) is 12.0 Å². The number of benzene rings is 1. The lowest BCUT2D eigenvalue weighted by Crippen LogP contribution is -2.38. The molecule has 2 aliphatic rings. The average molecular weight is 333 g/mol. The molecule has 24 heavy (non-hydrogen) atoms. The number of para-hydroxylation sites is 1. The summed E-state index contributed by atoms with van der Waals surface area (Å²) in [6.45, 7) is 3.92. The molecule has 0 aliphatic carbocycles. The van der Waals surface area contributed by atoms with Crippen LogP contribution in [-0.2, 0) is 0 Å². The van der Waals surface area contributed by atoms with Crippen LogP contribution >= 0.6 is 0 Å². The molecule has 134 valence electrons. The average Bonchev–Trinajstić information content (AvgIpc) is 2.96. The molecule has 1 aromatic carbocycles. The molecule has 3 rings (SSSR count). The number of likely N-dealkylation sites (tertiary alicyclic amines) is 2. The van der Waals surface area contributed by atoms with Crippen LogP contribution in [0.3, 0.4) is 0 Å². The first-order chi connectivity index (χ1) is 11.6. The normalized spacial score (nSPS) is 28.9. The van der Waals surface area contributed by atoms with Gasteiger partial charge in [0.2, 0.25) is 0 Å². The first kappa shape index (κ1) is 17.5. The first-order valence-electron chi connectivity index (χ1n) is 9.04. The Kier molecular flexibility index (Phi) is 5.64. The van der Waals surface area contributed by atoms with Crippen molar-refractivity contribution in [1.29, 1.82) is 0 Å². The summed E-state index contributed by atoms with van der Waals surface area (Å²) in [7, 11) is 6.06. The van der Waals surface area contributed by atoms with Gasteiger partial charge in [-0.25, -0.2) is 0 Å². The molecule has 0 bridgehead atoms. The Morgan fingerprint density at radius 3 is 2.75 bits per heavy atom. The van der Waals surface area contributed by atoms with Crippen LogP contribution in [0.4, 0.5) is 0 Å². The van der Waals surface area contributed by atoms with Crippen LogP contribution in [-0.4, -0.2) is 63.3 Å². The van der Waals surface area contributed by atoms with Crippen LogP contribution < -0.4 is 15.2 Å². The van der Waals surface area contributed by atoms with Gasteiger partial charge in [0.05, 0.1) is 7.11 Å². The maximum atomic E-state index is 6.48. The number of ether oxygens (including phenoxy) is 2. The van der Waals surface area contributed by atoms with E-state index in [-0.39, 0.29) is 6.10 Å². The molecule has 0 aromatic heterocycles. The van der Waals surface area contributed by atoms with Crippen molar-refractivity contribution in [1.82, 2.24) is 9.80 Å². The Morgan fingerprint density at radius 1 is 1.25 bits per heavy atom. The van der Waals surface area contributed by atoms with Crippen molar-refractivity contribution < 1.29 is 9.47 Å². The summed E-state index contributed by atoms with van der Waals surface area (Å²) in [6.07, 6.45) is 3.61. The fourth-order valence-corrected chi connectivity index (χ4v) is 4.10. The van der Waals surface area contributed by atoms with Crippen molar-refractivity contribution in [3.63, 3.8) is 0 Å². The van der Waals surface area contributed by atoms with Crippen molar-refractivity contribution >= 4 is 0 Å². The van der Waals surface area contributed by atoms with Gasteiger partial charge in [-0.2, -0.15) is 0 Å². The lowest BCUT2D eigenvalue weighted by atomic mass is 9.98. The van der Waals surface area contributed by atoms with Crippen LogP contribution in [0.2, 0.25) is 0 Å². The Balaban J connectivity index is 1.86. The minimum atomic E-state index is 0.232. The predicted molar refractivity (Wildman–Crippen MR) is 96.7 cm³/mol. The van der Waals surface area contributed by atoms with Crippen molar-refractivity contribution in [3.05, 3.63) is 23.8 Å². The third kappa shape index (κ3) is 3.68. The molecule has 5 heteroatoms. The van der Waals surface area contributed by atoms with Crippen LogP contribution in [0.1, 0.15) is 30.9 Å². The van der Waals surface area contributed by atoms with Gasteiger partial charge < -0.3 is 20.1 Å². The molecular weight excluding hydrogens is 302 g/mol. The van der Waals surface area contributed by atoms with Gasteiger partial charge in [-0.3, -0.25) is 4.90 Å². The second-order valence-electron chi connectivity index (χ2n) is 7.32. The fourth-order valence-electron chi connectivity index (χ4n) is 4.10. The molecule has 3 atom stereocenters. The van der Waals surface area contributed by atoms with E-state index < -0.39 is 0 Å². The summed E-state index contributed by atoms with van der Waals surface area (Å²) < 4.78 is 12.1. The smallest absolute Gasteiger partial charge is 0.166 e. The minimum absolute atomic E-state index is 0.232. The van der Waals surface area contributed by atoms with Gasteiger partial charge in [0, 0.05) is 24.7 Å². The van der Waals surface area contributed by atoms with E-state index in [9.17, 15) is 0 Å². The van der Waals surface area contributed by atoms with E-state index >= 15 is 0 Å². The van der Waals surface area contributed by atoms with Crippen LogP contribution in [0, 0.1) is 5.92 Å². The zero-order chi connectivity index (χ0) is 17.1. The Hall–Kier alpha value is -1.30. The maximum Gasteiger partial charge on any atom is 0.166 e. The van der Waals surface area contributed by atoms with Crippen molar-refractivity contribution in [2.45, 2.75) is 31.4 Å². The molecule has 0 spiro atoms. The Morgan fingerprint density at radius 2 is 2.08 bits per heavy atom. The predicted octanol–water partition coefficient (Wildman–Crippen LogP) is 2.12. The lowest BCUT2D eigenvalue weighted by molar-refractivity contribution is 0.0987. The van der Waals surface area contributed by atoms with Crippen molar-refractivity contribution in [2.24, 2.45) is 11.7 Å². The number of likely N-dealkylation sites (N-methyl/N-ethyl adjacent to an activating group) is 1. The highest BCUT2D eigenvalue weighted by atomic mass is 16.5. The second-order valence-corrected chi connectivity index (χ2v) is 7.32. The fraction of sp³-hybridized carbons (Fsp3) is 0.684. The molecule has 2 saturated heterocycles. The third-order valence-corrected chi connectivity index (χ3v) is 5.42. The largest absolute Gasteiger partial charge is 0.493 e. The summed E-state index contributed by atoms with van der Waals surface area (Å²) in [6, 6.07) is 6.60. The van der Waals surface area contributed by atoms with Gasteiger partial charge >= 0.3 is 0 Å². The van der Waals surface area contributed by atoms with Gasteiger partial charge in [0.25, 0.3) is 0 Å². The standard InChI is InChI=1S/C19H31N3O2/c1-21-9-5-6-15(13-21)24-19-16(7-4-8-18(19)23-3)17-10-14(11-20)12-22(17)2/h4,7-8,14-15,17H,5-6,9-13,20H2,1-3H3. The van der Waals surface area contributed by atoms with Crippen LogP contribution in [0.15, 0.2) is 18.2 Å². The molecule has 2 heterocycles. The quantitative estimate of drug-likeness (QED) is 0.894. The summed E-state index contributed by atoms with van der Waals surface area (Å²) in [5.74, 6) is 2.32. The minimum Gasteiger partial charge on any atom is -0.493 e. The van der Waals surface area contributed by atoms with Gasteiger partial charge in [0.15, 0.2) is 11.5 Å². The SMILES string of the molecule is COc1cccc(C2CC(CN)CN2C)c1OC1CCCN(C)C1. The Bertz CT molecular complexity index is 551. The molecule has 0 radical (unpaired) electrons. The Labute approximate surface area is 145 Å². The molecule has 1 aromatic rings. The maximum absolute atomic E-state index is 6.48. The van der Waals surface area contributed by atoms with Crippen LogP contribution in [0.5, 0.6) is 11.5 Å². The van der Waals surface area contributed by atoms with Gasteiger partial charge in [-0.05, 0) is 58.4 Å². The molecule has 2 N–H and O–H groups in total. The van der Waals surface area contributed by atoms with Crippen molar-refractivity contribution in [3.8, 4) is 11.5 Å². The molecule has 3 unspecified atom stereocenters. The summed E-state index contributed by atoms with van der Waals surface area (Å²) in [5.41, 5.74) is 7.14. The molecule has 2 aliphatic heterocycles. The second kappa shape index (κ2) is 7.72. The first-order valence-corrected chi connectivity index (χ1v) is 9.04. The number of rotatable bonds is 5. The number of piperidine rings is 1. The van der Waals surface area contributed by atoms with Gasteiger partial charge in [-0.15, -0.1) is 0 Å². The number of hydrogen-bond acceptors (Lipinski definition) is 5. The van der Waals surface area contributed by atoms with E-state index in [1.807, 2.05) is 6.07 Å². The number of nitrogens with zero attached hydrogens (tertiary/aromatic N) is 2. The molecule has 5 nitrogen and oxygen atoms in total. The molecule has 2 fully saturated rings. The number of hydrogen-bond donors (Lipinski definition) is 1. The molecule has 0 amide bonds. The van der Waals surface area contributed by atoms with Crippen molar-refractivity contribution in [2.75, 3.05) is 47.4 Å². The topological polar surface area (TPSA) is 51.0 Å². The number of nitrogens with two attached hydrogens (primary N) is 1. The van der Waals surface area contributed by atoms with E-state index in [2.05, 4.69) is 36.0 Å². The molecular formula is C19H31N3O2. The number of methoxy groups -OCH3 is 1. The highest BCUT2D eigenvalue weighted by Gasteiger charge is 2.33. The zero-order valence-electron chi connectivity index (χ0n) is 15.2. The highest BCUT2D eigenvalue weighted by Crippen LogP contribution is 2.43. The van der Waals surface area contributed by atoms with E-state index in [1.165, 1.54) is 12.0 Å². The zero-order valence-corrected chi connectivity index (χ0v) is 15.2. The summed E-state index contributed by atoms with van der Waals surface area (Å²) >= 11 is 0. The van der Waals surface area contributed by atoms with E-state index in [4.69, 9.17) is 15.2 Å². The third-order valence-electron chi connectivity index (χ3n) is 5.42. The summed E-state index contributed by atoms with van der Waals surface area (Å²) in [4.78, 5) is 4.74. The summed E-state index contributed by atoms with van der Waals surface area (Å²) in [5, 5.41) is 0. The molecule has 0 saturated carbocycles. The monoisotopic (exact) mass is 333 g/mol.